The maximum Gasteiger partial charge on any atom is 0.0267 e. The minimum Gasteiger partial charge on any atom is -0.265 e. The Balaban J connectivity index is 0.000000225. The molecule has 0 fully saturated rings. The van der Waals surface area contributed by atoms with Gasteiger partial charge in [-0.05, 0) is 12.1 Å². The fraction of sp³-hybridized carbons (Fsp3) is 0. The Kier molecular flexibility index (Phi) is 6.57. The third kappa shape index (κ3) is 5.04. The molecule has 0 saturated heterocycles. The van der Waals surface area contributed by atoms with Crippen molar-refractivity contribution in [3.63, 3.8) is 0 Å². The molecule has 2 heterocycles. The molecule has 21 heavy (non-hydrogen) atoms. The SMILES string of the molecule is [Se]=[P@@]([Se-])(c1ccccc1)[n+]1ccccc1.c1ccncc1. The maximum absolute atomic E-state index is 3.78. The summed E-state index contributed by atoms with van der Waals surface area (Å²) in [6.07, 6.45) is 7.68. The van der Waals surface area contributed by atoms with Crippen molar-refractivity contribution < 1.29 is 4.34 Å². The van der Waals surface area contributed by atoms with E-state index in [2.05, 4.69) is 76.6 Å². The van der Waals surface area contributed by atoms with Gasteiger partial charge in [0.15, 0.2) is 0 Å². The topological polar surface area (TPSA) is 16.8 Å². The Hall–Kier alpha value is -1.01. The zero-order chi connectivity index (χ0) is 15.0. The summed E-state index contributed by atoms with van der Waals surface area (Å²) in [7, 11) is 0. The molecule has 0 saturated carbocycles. The van der Waals surface area contributed by atoms with E-state index in [0.717, 1.165) is 0 Å². The molecule has 5 heteroatoms. The summed E-state index contributed by atoms with van der Waals surface area (Å²) in [4.78, 5) is 3.78. The molecule has 0 aliphatic carbocycles. The van der Waals surface area contributed by atoms with Gasteiger partial charge in [0, 0.05) is 12.4 Å². The second kappa shape index (κ2) is 8.44. The summed E-state index contributed by atoms with van der Waals surface area (Å²) in [5.41, 5.74) is 0. The minimum atomic E-state index is -1.48. The molecule has 0 unspecified atom stereocenters. The number of benzene rings is 1. The van der Waals surface area contributed by atoms with Crippen molar-refractivity contribution in [3.05, 3.63) is 91.5 Å². The number of nitrogens with zero attached hydrogens (tertiary/aromatic N) is 2. The molecule has 0 N–H and O–H groups in total. The largest absolute Gasteiger partial charge is 0.265 e. The quantitative estimate of drug-likeness (QED) is 0.456. The second-order valence-corrected chi connectivity index (χ2v) is 16.3. The Morgan fingerprint density at radius 2 is 1.33 bits per heavy atom. The van der Waals surface area contributed by atoms with E-state index in [1.54, 1.807) is 12.4 Å². The molecule has 0 radical (unpaired) electrons. The van der Waals surface area contributed by atoms with Gasteiger partial charge >= 0.3 is 106 Å². The van der Waals surface area contributed by atoms with Gasteiger partial charge in [0.2, 0.25) is 0 Å². The molecule has 3 rings (SSSR count). The molecular formula is C16H15N2PSe2. The molecule has 0 aliphatic rings. The molecule has 106 valence electrons. The Labute approximate surface area is 141 Å². The summed E-state index contributed by atoms with van der Waals surface area (Å²) < 4.78 is 0.744. The first-order valence-electron chi connectivity index (χ1n) is 6.40. The average Bonchev–Trinajstić information content (AvgIpc) is 2.59. The van der Waals surface area contributed by atoms with E-state index < -0.39 is 4.35 Å². The molecule has 2 aromatic heterocycles. The predicted molar refractivity (Wildman–Crippen MR) is 90.8 cm³/mol. The number of aromatic nitrogens is 2. The van der Waals surface area contributed by atoms with Crippen LogP contribution in [0.3, 0.4) is 0 Å². The van der Waals surface area contributed by atoms with Gasteiger partial charge in [-0.15, -0.1) is 0 Å². The number of pyridine rings is 2. The fourth-order valence-corrected chi connectivity index (χ4v) is 5.85. The van der Waals surface area contributed by atoms with Gasteiger partial charge in [0.1, 0.15) is 0 Å². The predicted octanol–water partition coefficient (Wildman–Crippen LogP) is 2.33. The van der Waals surface area contributed by atoms with Crippen LogP contribution in [0.5, 0.6) is 0 Å². The molecule has 0 aliphatic heterocycles. The first kappa shape index (κ1) is 16.4. The number of hydrogen-bond donors (Lipinski definition) is 0. The van der Waals surface area contributed by atoms with Crippen molar-refractivity contribution in [2.45, 2.75) is 0 Å². The van der Waals surface area contributed by atoms with Crippen LogP contribution in [0.25, 0.3) is 0 Å². The van der Waals surface area contributed by atoms with Crippen LogP contribution in [0.15, 0.2) is 91.5 Å². The molecule has 2 nitrogen and oxygen atoms in total. The van der Waals surface area contributed by atoms with Crippen LogP contribution in [0.1, 0.15) is 0 Å². The van der Waals surface area contributed by atoms with Gasteiger partial charge in [-0.3, -0.25) is 4.98 Å². The van der Waals surface area contributed by atoms with Crippen LogP contribution in [-0.4, -0.2) is 35.7 Å². The molecule has 1 aromatic carbocycles. The van der Waals surface area contributed by atoms with E-state index in [1.165, 1.54) is 5.30 Å². The third-order valence-corrected chi connectivity index (χ3v) is 9.51. The Morgan fingerprint density at radius 3 is 1.81 bits per heavy atom. The standard InChI is InChI=1S/C11H10NPSe2.C5H5N/c14-13(15,11-7-3-1-4-8-11)12-9-5-2-6-10-12;1-2-4-6-5-3-1/h1-10H;1-5H. The van der Waals surface area contributed by atoms with Crippen LogP contribution in [-0.2, 0) is 0 Å². The summed E-state index contributed by atoms with van der Waals surface area (Å²) in [6.45, 7) is 0. The van der Waals surface area contributed by atoms with E-state index in [1.807, 2.05) is 42.5 Å². The molecule has 3 aromatic rings. The molecular weight excluding hydrogens is 409 g/mol. The number of hydrogen-bond acceptors (Lipinski definition) is 1. The van der Waals surface area contributed by atoms with Gasteiger partial charge in [0.25, 0.3) is 0 Å². The molecule has 0 amide bonds. The number of rotatable bonds is 2. The molecule has 1 atom stereocenters. The monoisotopic (exact) mass is 426 g/mol. The zero-order valence-corrected chi connectivity index (χ0v) is 15.6. The van der Waals surface area contributed by atoms with Gasteiger partial charge in [0.05, 0.1) is 0 Å². The van der Waals surface area contributed by atoms with E-state index in [4.69, 9.17) is 0 Å². The Bertz CT molecular complexity index is 621. The first-order chi connectivity index (χ1) is 10.2. The van der Waals surface area contributed by atoms with Crippen molar-refractivity contribution in [3.8, 4) is 0 Å². The molecule has 0 spiro atoms. The van der Waals surface area contributed by atoms with Gasteiger partial charge in [-0.25, -0.2) is 0 Å². The first-order valence-corrected chi connectivity index (χ1v) is 12.6. The van der Waals surface area contributed by atoms with Crippen molar-refractivity contribution in [1.82, 2.24) is 4.98 Å². The summed E-state index contributed by atoms with van der Waals surface area (Å²) >= 11 is 6.61. The van der Waals surface area contributed by atoms with E-state index in [-0.39, 0.29) is 0 Å². The van der Waals surface area contributed by atoms with Crippen LogP contribution >= 0.6 is 4.35 Å². The zero-order valence-electron chi connectivity index (χ0n) is 11.3. The average molecular weight is 424 g/mol. The smallest absolute Gasteiger partial charge is 0.0267 e. The third-order valence-electron chi connectivity index (χ3n) is 2.65. The second-order valence-electron chi connectivity index (χ2n) is 4.14. The Morgan fingerprint density at radius 1 is 0.810 bits per heavy atom. The minimum absolute atomic E-state index is 1.32. The van der Waals surface area contributed by atoms with Crippen LogP contribution in [0.4, 0.5) is 0 Å². The van der Waals surface area contributed by atoms with Gasteiger partial charge in [-0.2, -0.15) is 0 Å². The summed E-state index contributed by atoms with van der Waals surface area (Å²) in [5, 5.41) is 1.32. The maximum atomic E-state index is 3.78. The van der Waals surface area contributed by atoms with Crippen molar-refractivity contribution in [2.24, 2.45) is 0 Å². The van der Waals surface area contributed by atoms with Crippen LogP contribution in [0, 0.1) is 0 Å². The van der Waals surface area contributed by atoms with E-state index >= 15 is 0 Å². The normalized spacial score (nSPS) is 12.6. The summed E-state index contributed by atoms with van der Waals surface area (Å²) in [6, 6.07) is 22.3. The van der Waals surface area contributed by atoms with Crippen LogP contribution < -0.4 is 9.64 Å². The van der Waals surface area contributed by atoms with Gasteiger partial charge in [-0.1, -0.05) is 6.07 Å². The molecule has 0 bridgehead atoms. The van der Waals surface area contributed by atoms with Crippen LogP contribution in [0.2, 0.25) is 0 Å². The van der Waals surface area contributed by atoms with Crippen molar-refractivity contribution in [2.75, 3.05) is 0 Å². The summed E-state index contributed by atoms with van der Waals surface area (Å²) in [5.74, 6) is 0. The van der Waals surface area contributed by atoms with Gasteiger partial charge < -0.3 is 0 Å². The van der Waals surface area contributed by atoms with E-state index in [0.29, 0.717) is 0 Å². The van der Waals surface area contributed by atoms with Crippen molar-refractivity contribution >= 4 is 40.3 Å². The fourth-order valence-electron chi connectivity index (χ4n) is 1.63. The van der Waals surface area contributed by atoms with E-state index in [9.17, 15) is 0 Å². The van der Waals surface area contributed by atoms with Crippen molar-refractivity contribution in [1.29, 1.82) is 0 Å².